The van der Waals surface area contributed by atoms with E-state index in [9.17, 15) is 9.59 Å². The van der Waals surface area contributed by atoms with Gasteiger partial charge in [-0.2, -0.15) is 5.10 Å². The Morgan fingerprint density at radius 2 is 1.81 bits per heavy atom. The van der Waals surface area contributed by atoms with Crippen LogP contribution >= 0.6 is 0 Å². The summed E-state index contributed by atoms with van der Waals surface area (Å²) in [6, 6.07) is 8.97. The van der Waals surface area contributed by atoms with Crippen LogP contribution in [0.3, 0.4) is 0 Å². The van der Waals surface area contributed by atoms with Crippen LogP contribution in [0.15, 0.2) is 30.3 Å². The number of aryl methyl sites for hydroxylation is 2. The van der Waals surface area contributed by atoms with Crippen molar-refractivity contribution in [2.45, 2.75) is 26.9 Å². The fraction of sp³-hybridized carbons (Fsp3) is 0.421. The molecule has 0 unspecified atom stereocenters. The molecular formula is C19H23N3O4. The summed E-state index contributed by atoms with van der Waals surface area (Å²) >= 11 is 0. The Morgan fingerprint density at radius 3 is 2.38 bits per heavy atom. The third-order valence-electron chi connectivity index (χ3n) is 4.31. The molecule has 138 valence electrons. The molecule has 1 aromatic heterocycles. The summed E-state index contributed by atoms with van der Waals surface area (Å²) in [6.07, 6.45) is -0.823. The predicted octanol–water partition coefficient (Wildman–Crippen LogP) is 1.89. The lowest BCUT2D eigenvalue weighted by Crippen LogP contribution is -2.46. The van der Waals surface area contributed by atoms with Gasteiger partial charge in [0.05, 0.1) is 30.2 Å². The first-order valence-electron chi connectivity index (χ1n) is 8.67. The van der Waals surface area contributed by atoms with Crippen LogP contribution in [0.4, 0.5) is 0 Å². The van der Waals surface area contributed by atoms with Gasteiger partial charge in [-0.1, -0.05) is 0 Å². The second-order valence-electron chi connectivity index (χ2n) is 6.37. The van der Waals surface area contributed by atoms with Crippen LogP contribution in [-0.2, 0) is 14.3 Å². The molecule has 0 spiro atoms. The van der Waals surface area contributed by atoms with Crippen molar-refractivity contribution in [2.75, 3.05) is 26.3 Å². The fourth-order valence-corrected chi connectivity index (χ4v) is 2.95. The van der Waals surface area contributed by atoms with Gasteiger partial charge in [0.15, 0.2) is 6.10 Å². The number of ether oxygens (including phenoxy) is 2. The van der Waals surface area contributed by atoms with E-state index in [-0.39, 0.29) is 5.91 Å². The second-order valence-corrected chi connectivity index (χ2v) is 6.37. The maximum atomic E-state index is 12.3. The van der Waals surface area contributed by atoms with Gasteiger partial charge in [-0.3, -0.25) is 4.79 Å². The van der Waals surface area contributed by atoms with Crippen molar-refractivity contribution in [2.24, 2.45) is 0 Å². The fourth-order valence-electron chi connectivity index (χ4n) is 2.95. The van der Waals surface area contributed by atoms with Gasteiger partial charge in [0.25, 0.3) is 5.91 Å². The van der Waals surface area contributed by atoms with Gasteiger partial charge in [0.1, 0.15) is 0 Å². The molecule has 0 saturated carbocycles. The van der Waals surface area contributed by atoms with Crippen LogP contribution in [0.1, 0.15) is 28.7 Å². The third kappa shape index (κ3) is 3.94. The lowest BCUT2D eigenvalue weighted by Gasteiger charge is -2.28. The summed E-state index contributed by atoms with van der Waals surface area (Å²) in [5.41, 5.74) is 3.21. The number of carbonyl (C=O) groups is 2. The molecule has 7 heteroatoms. The number of amides is 1. The molecule has 2 aromatic rings. The van der Waals surface area contributed by atoms with Crippen molar-refractivity contribution in [3.63, 3.8) is 0 Å². The summed E-state index contributed by atoms with van der Waals surface area (Å²) in [4.78, 5) is 26.3. The van der Waals surface area contributed by atoms with Crippen LogP contribution in [-0.4, -0.2) is 59.0 Å². The molecule has 1 atom stereocenters. The van der Waals surface area contributed by atoms with Crippen LogP contribution in [0, 0.1) is 13.8 Å². The number of benzene rings is 1. The molecule has 1 aromatic carbocycles. The maximum Gasteiger partial charge on any atom is 0.338 e. The summed E-state index contributed by atoms with van der Waals surface area (Å²) in [7, 11) is 0. The number of hydrogen-bond donors (Lipinski definition) is 0. The van der Waals surface area contributed by atoms with Crippen LogP contribution in [0.5, 0.6) is 0 Å². The first kappa shape index (κ1) is 18.1. The van der Waals surface area contributed by atoms with Gasteiger partial charge in [-0.15, -0.1) is 0 Å². The van der Waals surface area contributed by atoms with Gasteiger partial charge >= 0.3 is 5.97 Å². The summed E-state index contributed by atoms with van der Waals surface area (Å²) in [5, 5.41) is 4.42. The number of esters is 1. The zero-order valence-electron chi connectivity index (χ0n) is 15.3. The Labute approximate surface area is 152 Å². The van der Waals surface area contributed by atoms with Crippen LogP contribution in [0.25, 0.3) is 5.69 Å². The number of carbonyl (C=O) groups excluding carboxylic acids is 2. The van der Waals surface area contributed by atoms with E-state index < -0.39 is 12.1 Å². The zero-order valence-corrected chi connectivity index (χ0v) is 15.3. The predicted molar refractivity (Wildman–Crippen MR) is 95.3 cm³/mol. The van der Waals surface area contributed by atoms with Crippen molar-refractivity contribution in [3.05, 3.63) is 47.3 Å². The highest BCUT2D eigenvalue weighted by atomic mass is 16.5. The number of morpholine rings is 1. The minimum atomic E-state index is -0.823. The highest BCUT2D eigenvalue weighted by molar-refractivity contribution is 5.92. The molecule has 26 heavy (non-hydrogen) atoms. The zero-order chi connectivity index (χ0) is 18.7. The molecule has 0 bridgehead atoms. The lowest BCUT2D eigenvalue weighted by atomic mass is 10.2. The van der Waals surface area contributed by atoms with E-state index in [1.807, 2.05) is 36.7 Å². The van der Waals surface area contributed by atoms with E-state index >= 15 is 0 Å². The molecule has 1 aliphatic heterocycles. The van der Waals surface area contributed by atoms with Gasteiger partial charge in [-0.25, -0.2) is 9.48 Å². The molecule has 2 heterocycles. The third-order valence-corrected chi connectivity index (χ3v) is 4.31. The molecule has 0 radical (unpaired) electrons. The molecule has 1 fully saturated rings. The quantitative estimate of drug-likeness (QED) is 0.782. The Kier molecular flexibility index (Phi) is 5.37. The van der Waals surface area contributed by atoms with E-state index in [1.165, 1.54) is 0 Å². The first-order chi connectivity index (χ1) is 12.5. The Bertz CT molecular complexity index is 792. The molecule has 1 saturated heterocycles. The monoisotopic (exact) mass is 357 g/mol. The molecule has 1 aliphatic rings. The van der Waals surface area contributed by atoms with Crippen molar-refractivity contribution < 1.29 is 19.1 Å². The number of aromatic nitrogens is 2. The van der Waals surface area contributed by atoms with Crippen LogP contribution < -0.4 is 0 Å². The topological polar surface area (TPSA) is 73.7 Å². The van der Waals surface area contributed by atoms with E-state index in [0.717, 1.165) is 17.1 Å². The van der Waals surface area contributed by atoms with Crippen molar-refractivity contribution in [3.8, 4) is 5.69 Å². The van der Waals surface area contributed by atoms with Crippen molar-refractivity contribution in [1.29, 1.82) is 0 Å². The SMILES string of the molecule is Cc1cc(C)n(-c2ccc(C(=O)O[C@H](C)C(=O)N3CCOCC3)cc2)n1. The summed E-state index contributed by atoms with van der Waals surface area (Å²) in [5.74, 6) is -0.708. The average molecular weight is 357 g/mol. The highest BCUT2D eigenvalue weighted by Crippen LogP contribution is 2.14. The van der Waals surface area contributed by atoms with Gasteiger partial charge in [0.2, 0.25) is 0 Å². The van der Waals surface area contributed by atoms with E-state index in [2.05, 4.69) is 5.10 Å². The van der Waals surface area contributed by atoms with Crippen molar-refractivity contribution >= 4 is 11.9 Å². The average Bonchev–Trinajstić information content (AvgIpc) is 3.00. The Morgan fingerprint density at radius 1 is 1.15 bits per heavy atom. The molecule has 7 nitrogen and oxygen atoms in total. The van der Waals surface area contributed by atoms with E-state index in [1.54, 1.807) is 24.0 Å². The van der Waals surface area contributed by atoms with Crippen LogP contribution in [0.2, 0.25) is 0 Å². The minimum Gasteiger partial charge on any atom is -0.449 e. The Hall–Kier alpha value is -2.67. The normalized spacial score (nSPS) is 15.6. The van der Waals surface area contributed by atoms with Gasteiger partial charge < -0.3 is 14.4 Å². The lowest BCUT2D eigenvalue weighted by molar-refractivity contribution is -0.143. The number of hydrogen-bond acceptors (Lipinski definition) is 5. The minimum absolute atomic E-state index is 0.194. The van der Waals surface area contributed by atoms with Gasteiger partial charge in [-0.05, 0) is 51.1 Å². The Balaban J connectivity index is 1.64. The van der Waals surface area contributed by atoms with Gasteiger partial charge in [0, 0.05) is 18.8 Å². The molecule has 0 aliphatic carbocycles. The van der Waals surface area contributed by atoms with E-state index in [0.29, 0.717) is 31.9 Å². The standard InChI is InChI=1S/C19H23N3O4/c1-13-12-14(2)22(20-13)17-6-4-16(5-7-17)19(24)26-15(3)18(23)21-8-10-25-11-9-21/h4-7,12,15H,8-11H2,1-3H3/t15-/m1/s1. The number of nitrogens with zero attached hydrogens (tertiary/aromatic N) is 3. The molecule has 0 N–H and O–H groups in total. The van der Waals surface area contributed by atoms with E-state index in [4.69, 9.17) is 9.47 Å². The molecule has 1 amide bonds. The second kappa shape index (κ2) is 7.70. The maximum absolute atomic E-state index is 12.3. The smallest absolute Gasteiger partial charge is 0.338 e. The first-order valence-corrected chi connectivity index (χ1v) is 8.67. The summed E-state index contributed by atoms with van der Waals surface area (Å²) < 4.78 is 12.4. The number of rotatable bonds is 4. The largest absolute Gasteiger partial charge is 0.449 e. The molecule has 3 rings (SSSR count). The molecular weight excluding hydrogens is 334 g/mol. The van der Waals surface area contributed by atoms with Crippen molar-refractivity contribution in [1.82, 2.24) is 14.7 Å². The highest BCUT2D eigenvalue weighted by Gasteiger charge is 2.25. The summed E-state index contributed by atoms with van der Waals surface area (Å²) in [6.45, 7) is 7.58.